The summed E-state index contributed by atoms with van der Waals surface area (Å²) in [7, 11) is 0. The molecule has 0 radical (unpaired) electrons. The molecule has 1 aromatic rings. The van der Waals surface area contributed by atoms with Gasteiger partial charge in [-0.2, -0.15) is 0 Å². The lowest BCUT2D eigenvalue weighted by Crippen LogP contribution is -2.35. The fraction of sp³-hybridized carbons (Fsp3) is 0.385. The SMILES string of the molecule is O=C(NCC1CCCO1)Nc1cc(C(=O)O)ccc1Cl. The first-order valence-corrected chi connectivity index (χ1v) is 6.63. The highest BCUT2D eigenvalue weighted by molar-refractivity contribution is 6.33. The molecule has 20 heavy (non-hydrogen) atoms. The molecule has 0 aromatic heterocycles. The number of ether oxygens (including phenoxy) is 1. The molecule has 1 fully saturated rings. The van der Waals surface area contributed by atoms with Crippen molar-refractivity contribution in [3.63, 3.8) is 0 Å². The summed E-state index contributed by atoms with van der Waals surface area (Å²) in [6, 6.07) is 3.68. The van der Waals surface area contributed by atoms with Crippen molar-refractivity contribution in [1.82, 2.24) is 5.32 Å². The van der Waals surface area contributed by atoms with Crippen LogP contribution in [-0.2, 0) is 4.74 Å². The fourth-order valence-electron chi connectivity index (χ4n) is 1.93. The van der Waals surface area contributed by atoms with Crippen molar-refractivity contribution in [2.45, 2.75) is 18.9 Å². The minimum atomic E-state index is -1.08. The first-order valence-electron chi connectivity index (χ1n) is 6.25. The van der Waals surface area contributed by atoms with E-state index in [2.05, 4.69) is 10.6 Å². The monoisotopic (exact) mass is 298 g/mol. The summed E-state index contributed by atoms with van der Waals surface area (Å²) < 4.78 is 5.38. The van der Waals surface area contributed by atoms with Gasteiger partial charge in [-0.25, -0.2) is 9.59 Å². The van der Waals surface area contributed by atoms with E-state index in [1.54, 1.807) is 0 Å². The third kappa shape index (κ3) is 3.85. The molecule has 1 unspecified atom stereocenters. The average Bonchev–Trinajstić information content (AvgIpc) is 2.92. The number of benzene rings is 1. The summed E-state index contributed by atoms with van der Waals surface area (Å²) >= 11 is 5.91. The molecule has 1 aromatic carbocycles. The van der Waals surface area contributed by atoms with Crippen LogP contribution in [0.25, 0.3) is 0 Å². The Morgan fingerprint density at radius 1 is 1.45 bits per heavy atom. The van der Waals surface area contributed by atoms with Gasteiger partial charge in [0.1, 0.15) is 0 Å². The summed E-state index contributed by atoms with van der Waals surface area (Å²) in [6.45, 7) is 1.14. The van der Waals surface area contributed by atoms with Gasteiger partial charge >= 0.3 is 12.0 Å². The average molecular weight is 299 g/mol. The number of hydrogen-bond acceptors (Lipinski definition) is 3. The molecule has 3 N–H and O–H groups in total. The van der Waals surface area contributed by atoms with Crippen LogP contribution < -0.4 is 10.6 Å². The van der Waals surface area contributed by atoms with Crippen LogP contribution in [0.3, 0.4) is 0 Å². The quantitative estimate of drug-likeness (QED) is 0.796. The standard InChI is InChI=1S/C13H15ClN2O4/c14-10-4-3-8(12(17)18)6-11(10)16-13(19)15-7-9-2-1-5-20-9/h3-4,6,9H,1-2,5,7H2,(H,17,18)(H2,15,16,19). The fourth-order valence-corrected chi connectivity index (χ4v) is 2.10. The highest BCUT2D eigenvalue weighted by atomic mass is 35.5. The molecule has 1 atom stereocenters. The van der Waals surface area contributed by atoms with Crippen molar-refractivity contribution in [2.75, 3.05) is 18.5 Å². The zero-order chi connectivity index (χ0) is 14.5. The maximum atomic E-state index is 11.7. The van der Waals surface area contributed by atoms with Crippen LogP contribution in [0.1, 0.15) is 23.2 Å². The van der Waals surface area contributed by atoms with E-state index in [0.29, 0.717) is 6.54 Å². The van der Waals surface area contributed by atoms with Crippen molar-refractivity contribution in [3.05, 3.63) is 28.8 Å². The maximum Gasteiger partial charge on any atom is 0.335 e. The minimum Gasteiger partial charge on any atom is -0.478 e. The smallest absolute Gasteiger partial charge is 0.335 e. The van der Waals surface area contributed by atoms with Gasteiger partial charge in [0.25, 0.3) is 0 Å². The van der Waals surface area contributed by atoms with Gasteiger partial charge in [-0.15, -0.1) is 0 Å². The number of carbonyl (C=O) groups excluding carboxylic acids is 1. The lowest BCUT2D eigenvalue weighted by atomic mass is 10.2. The number of carboxylic acids is 1. The number of urea groups is 1. The van der Waals surface area contributed by atoms with Crippen molar-refractivity contribution in [2.24, 2.45) is 0 Å². The van der Waals surface area contributed by atoms with E-state index in [1.165, 1.54) is 18.2 Å². The van der Waals surface area contributed by atoms with Gasteiger partial charge in [0.15, 0.2) is 0 Å². The van der Waals surface area contributed by atoms with Gasteiger partial charge in [-0.3, -0.25) is 0 Å². The largest absolute Gasteiger partial charge is 0.478 e. The normalized spacial score (nSPS) is 17.8. The number of rotatable bonds is 4. The lowest BCUT2D eigenvalue weighted by Gasteiger charge is -2.12. The molecular weight excluding hydrogens is 284 g/mol. The van der Waals surface area contributed by atoms with Crippen molar-refractivity contribution >= 4 is 29.3 Å². The Bertz CT molecular complexity index is 515. The van der Waals surface area contributed by atoms with Gasteiger partial charge in [-0.1, -0.05) is 11.6 Å². The van der Waals surface area contributed by atoms with Gasteiger partial charge in [0.2, 0.25) is 0 Å². The molecule has 0 aliphatic carbocycles. The third-order valence-corrected chi connectivity index (χ3v) is 3.31. The van der Waals surface area contributed by atoms with Gasteiger partial charge in [0, 0.05) is 13.2 Å². The molecule has 6 nitrogen and oxygen atoms in total. The van der Waals surface area contributed by atoms with Crippen LogP contribution >= 0.6 is 11.6 Å². The second-order valence-corrected chi connectivity index (χ2v) is 4.88. The molecule has 0 bridgehead atoms. The van der Waals surface area contributed by atoms with Crippen LogP contribution in [0.5, 0.6) is 0 Å². The van der Waals surface area contributed by atoms with Gasteiger partial charge in [-0.05, 0) is 31.0 Å². The Labute approximate surface area is 121 Å². The molecule has 2 amide bonds. The summed E-state index contributed by atoms with van der Waals surface area (Å²) in [5, 5.41) is 14.4. The highest BCUT2D eigenvalue weighted by Gasteiger charge is 2.16. The van der Waals surface area contributed by atoms with Crippen LogP contribution in [-0.4, -0.2) is 36.4 Å². The second kappa shape index (κ2) is 6.58. The number of anilines is 1. The Morgan fingerprint density at radius 3 is 2.90 bits per heavy atom. The molecule has 1 heterocycles. The summed E-state index contributed by atoms with van der Waals surface area (Å²) in [5.74, 6) is -1.08. The number of aromatic carboxylic acids is 1. The van der Waals surface area contributed by atoms with E-state index in [0.717, 1.165) is 19.4 Å². The molecule has 1 aliphatic heterocycles. The predicted octanol–water partition coefficient (Wildman–Crippen LogP) is 2.34. The molecule has 1 aliphatic rings. The number of carboxylic acid groups (broad SMARTS) is 1. The van der Waals surface area contributed by atoms with E-state index < -0.39 is 12.0 Å². The molecule has 2 rings (SSSR count). The number of nitrogens with one attached hydrogen (secondary N) is 2. The van der Waals surface area contributed by atoms with E-state index in [4.69, 9.17) is 21.4 Å². The zero-order valence-electron chi connectivity index (χ0n) is 10.7. The van der Waals surface area contributed by atoms with E-state index >= 15 is 0 Å². The van der Waals surface area contributed by atoms with Crippen molar-refractivity contribution < 1.29 is 19.4 Å². The van der Waals surface area contributed by atoms with Crippen LogP contribution in [0, 0.1) is 0 Å². The second-order valence-electron chi connectivity index (χ2n) is 4.47. The molecular formula is C13H15ClN2O4. The molecule has 0 spiro atoms. The lowest BCUT2D eigenvalue weighted by molar-refractivity contribution is 0.0697. The summed E-state index contributed by atoms with van der Waals surface area (Å²) in [6.07, 6.45) is 1.97. The van der Waals surface area contributed by atoms with Gasteiger partial charge < -0.3 is 20.5 Å². The van der Waals surface area contributed by atoms with Crippen molar-refractivity contribution in [1.29, 1.82) is 0 Å². The Hall–Kier alpha value is -1.79. The topological polar surface area (TPSA) is 87.7 Å². The number of halogens is 1. The number of carbonyl (C=O) groups is 2. The summed E-state index contributed by atoms with van der Waals surface area (Å²) in [5.41, 5.74) is 0.320. The predicted molar refractivity (Wildman–Crippen MR) is 74.4 cm³/mol. The zero-order valence-corrected chi connectivity index (χ0v) is 11.4. The molecule has 1 saturated heterocycles. The number of amides is 2. The van der Waals surface area contributed by atoms with Crippen LogP contribution in [0.15, 0.2) is 18.2 Å². The summed E-state index contributed by atoms with van der Waals surface area (Å²) in [4.78, 5) is 22.6. The van der Waals surface area contributed by atoms with E-state index in [-0.39, 0.29) is 22.4 Å². The van der Waals surface area contributed by atoms with E-state index in [1.807, 2.05) is 0 Å². The molecule has 7 heteroatoms. The number of hydrogen-bond donors (Lipinski definition) is 3. The molecule has 0 saturated carbocycles. The first kappa shape index (κ1) is 14.6. The Kier molecular flexibility index (Phi) is 4.81. The van der Waals surface area contributed by atoms with Crippen molar-refractivity contribution in [3.8, 4) is 0 Å². The van der Waals surface area contributed by atoms with Gasteiger partial charge in [0.05, 0.1) is 22.4 Å². The third-order valence-electron chi connectivity index (χ3n) is 2.98. The van der Waals surface area contributed by atoms with Crippen LogP contribution in [0.4, 0.5) is 10.5 Å². The van der Waals surface area contributed by atoms with E-state index in [9.17, 15) is 9.59 Å². The van der Waals surface area contributed by atoms with Crippen LogP contribution in [0.2, 0.25) is 5.02 Å². The molecule has 108 valence electrons. The highest BCUT2D eigenvalue weighted by Crippen LogP contribution is 2.23. The Balaban J connectivity index is 1.92. The maximum absolute atomic E-state index is 11.7. The first-order chi connectivity index (χ1) is 9.56. The Morgan fingerprint density at radius 2 is 2.25 bits per heavy atom. The minimum absolute atomic E-state index is 0.0431.